The molecule has 2 N–H and O–H groups in total. The van der Waals surface area contributed by atoms with E-state index in [1.807, 2.05) is 12.3 Å². The summed E-state index contributed by atoms with van der Waals surface area (Å²) in [4.78, 5) is 18.9. The maximum Gasteiger partial charge on any atom is 0.250 e. The van der Waals surface area contributed by atoms with E-state index < -0.39 is 0 Å². The van der Waals surface area contributed by atoms with Crippen molar-refractivity contribution in [1.82, 2.24) is 20.1 Å². The van der Waals surface area contributed by atoms with E-state index in [4.69, 9.17) is 9.73 Å². The van der Waals surface area contributed by atoms with Crippen LogP contribution in [-0.2, 0) is 11.3 Å². The number of ether oxygens (including phenoxy) is 1. The van der Waals surface area contributed by atoms with Crippen LogP contribution in [0.4, 0.5) is 0 Å². The van der Waals surface area contributed by atoms with Crippen LogP contribution in [0.5, 0.6) is 0 Å². The van der Waals surface area contributed by atoms with Crippen LogP contribution in [-0.4, -0.2) is 66.9 Å². The van der Waals surface area contributed by atoms with Gasteiger partial charge >= 0.3 is 0 Å². The predicted molar refractivity (Wildman–Crippen MR) is 110 cm³/mol. The number of morpholine rings is 1. The molecule has 1 saturated heterocycles. The molecule has 0 spiro atoms. The molecule has 1 aliphatic rings. The molecule has 1 aliphatic heterocycles. The summed E-state index contributed by atoms with van der Waals surface area (Å²) < 4.78 is 7.21. The summed E-state index contributed by atoms with van der Waals surface area (Å²) in [5.74, 6) is 0.857. The molecule has 2 rings (SSSR count). The highest BCUT2D eigenvalue weighted by atomic mass is 16.5. The monoisotopic (exact) mass is 377 g/mol. The van der Waals surface area contributed by atoms with Gasteiger partial charge in [-0.25, -0.2) is 0 Å². The Balaban J connectivity index is 1.75. The number of aromatic nitrogens is 1. The second-order valence-corrected chi connectivity index (χ2v) is 7.47. The summed E-state index contributed by atoms with van der Waals surface area (Å²) in [5, 5.41) is 6.72. The van der Waals surface area contributed by atoms with Gasteiger partial charge in [0.05, 0.1) is 19.8 Å². The maximum atomic E-state index is 11.7. The molecule has 1 aromatic heterocycles. The van der Waals surface area contributed by atoms with Crippen molar-refractivity contribution in [3.8, 4) is 0 Å². The zero-order valence-corrected chi connectivity index (χ0v) is 17.0. The van der Waals surface area contributed by atoms with Crippen LogP contribution in [0.2, 0.25) is 0 Å². The largest absolute Gasteiger partial charge is 0.379 e. The van der Waals surface area contributed by atoms with E-state index in [9.17, 15) is 4.79 Å². The summed E-state index contributed by atoms with van der Waals surface area (Å²) in [6.07, 6.45) is 3.78. The highest BCUT2D eigenvalue weighted by molar-refractivity contribution is 5.79. The molecule has 1 fully saturated rings. The van der Waals surface area contributed by atoms with Crippen molar-refractivity contribution in [3.63, 3.8) is 0 Å². The lowest BCUT2D eigenvalue weighted by atomic mass is 10.0. The molecular formula is C20H35N5O2. The number of hydrogen-bond donors (Lipinski definition) is 2. The SMILES string of the molecule is CCNC(=NCC(C)(C)N1CCOCC1)NCCCCn1ccccc1=O. The Morgan fingerprint density at radius 1 is 1.22 bits per heavy atom. The highest BCUT2D eigenvalue weighted by Crippen LogP contribution is 2.16. The van der Waals surface area contributed by atoms with Crippen molar-refractivity contribution < 1.29 is 4.74 Å². The van der Waals surface area contributed by atoms with Gasteiger partial charge in [-0.05, 0) is 39.7 Å². The number of pyridine rings is 1. The van der Waals surface area contributed by atoms with E-state index in [0.29, 0.717) is 0 Å². The average Bonchev–Trinajstić information content (AvgIpc) is 2.68. The van der Waals surface area contributed by atoms with E-state index in [-0.39, 0.29) is 11.1 Å². The number of nitrogens with one attached hydrogen (secondary N) is 2. The number of aryl methyl sites for hydroxylation is 1. The number of nitrogens with zero attached hydrogens (tertiary/aromatic N) is 3. The van der Waals surface area contributed by atoms with Gasteiger partial charge in [0.25, 0.3) is 0 Å². The van der Waals surface area contributed by atoms with Crippen molar-refractivity contribution >= 4 is 5.96 Å². The summed E-state index contributed by atoms with van der Waals surface area (Å²) in [6, 6.07) is 5.27. The van der Waals surface area contributed by atoms with Crippen LogP contribution < -0.4 is 16.2 Å². The van der Waals surface area contributed by atoms with Crippen LogP contribution in [0.1, 0.15) is 33.6 Å². The third-order valence-electron chi connectivity index (χ3n) is 4.85. The molecule has 27 heavy (non-hydrogen) atoms. The van der Waals surface area contributed by atoms with Crippen LogP contribution in [0.3, 0.4) is 0 Å². The zero-order valence-electron chi connectivity index (χ0n) is 17.0. The molecule has 152 valence electrons. The lowest BCUT2D eigenvalue weighted by Crippen LogP contribution is -2.52. The smallest absolute Gasteiger partial charge is 0.250 e. The Labute approximate surface area is 162 Å². The molecule has 0 bridgehead atoms. The normalized spacial score (nSPS) is 16.3. The van der Waals surface area contributed by atoms with Gasteiger partial charge in [0, 0.05) is 50.5 Å². The van der Waals surface area contributed by atoms with Crippen molar-refractivity contribution in [2.75, 3.05) is 45.9 Å². The molecular weight excluding hydrogens is 342 g/mol. The molecule has 0 atom stereocenters. The van der Waals surface area contributed by atoms with E-state index in [1.54, 1.807) is 16.7 Å². The van der Waals surface area contributed by atoms with E-state index in [2.05, 4.69) is 36.3 Å². The van der Waals surface area contributed by atoms with Crippen LogP contribution in [0.25, 0.3) is 0 Å². The summed E-state index contributed by atoms with van der Waals surface area (Å²) in [6.45, 7) is 13.2. The summed E-state index contributed by atoms with van der Waals surface area (Å²) >= 11 is 0. The van der Waals surface area contributed by atoms with E-state index in [1.165, 1.54) is 0 Å². The number of unbranched alkanes of at least 4 members (excludes halogenated alkanes) is 1. The Hall–Kier alpha value is -1.86. The van der Waals surface area contributed by atoms with Gasteiger partial charge in [-0.15, -0.1) is 0 Å². The number of aliphatic imine (C=N–C) groups is 1. The molecule has 0 radical (unpaired) electrons. The third-order valence-corrected chi connectivity index (χ3v) is 4.85. The summed E-state index contributed by atoms with van der Waals surface area (Å²) in [5.41, 5.74) is 0.0753. The van der Waals surface area contributed by atoms with Crippen molar-refractivity contribution in [1.29, 1.82) is 0 Å². The van der Waals surface area contributed by atoms with Gasteiger partial charge in [0.1, 0.15) is 0 Å². The van der Waals surface area contributed by atoms with Crippen molar-refractivity contribution in [2.45, 2.75) is 45.7 Å². The van der Waals surface area contributed by atoms with Crippen LogP contribution >= 0.6 is 0 Å². The minimum absolute atomic E-state index is 0.0145. The first-order chi connectivity index (χ1) is 13.0. The molecule has 7 heteroatoms. The molecule has 1 aromatic rings. The third kappa shape index (κ3) is 7.34. The van der Waals surface area contributed by atoms with Gasteiger partial charge in [-0.1, -0.05) is 6.07 Å². The Kier molecular flexibility index (Phi) is 8.81. The lowest BCUT2D eigenvalue weighted by molar-refractivity contribution is -0.00683. The molecule has 0 aromatic carbocycles. The topological polar surface area (TPSA) is 70.9 Å². The number of guanidine groups is 1. The quantitative estimate of drug-likeness (QED) is 0.386. The molecule has 0 aliphatic carbocycles. The zero-order chi connectivity index (χ0) is 19.5. The second kappa shape index (κ2) is 11.1. The fourth-order valence-corrected chi connectivity index (χ4v) is 3.14. The second-order valence-electron chi connectivity index (χ2n) is 7.47. The molecule has 0 amide bonds. The van der Waals surface area contributed by atoms with Gasteiger partial charge in [0.2, 0.25) is 5.56 Å². The first-order valence-corrected chi connectivity index (χ1v) is 10.0. The minimum Gasteiger partial charge on any atom is -0.379 e. The van der Waals surface area contributed by atoms with Gasteiger partial charge < -0.3 is 19.9 Å². The van der Waals surface area contributed by atoms with Gasteiger partial charge in [-0.2, -0.15) is 0 Å². The molecule has 0 saturated carbocycles. The van der Waals surface area contributed by atoms with Gasteiger partial charge in [0.15, 0.2) is 5.96 Å². The standard InChI is InChI=1S/C20H35N5O2/c1-4-21-19(23-17-20(2,3)25-13-15-27-16-14-25)22-10-6-8-12-24-11-7-5-9-18(24)26/h5,7,9,11H,4,6,8,10,12-17H2,1-3H3,(H2,21,22,23). The van der Waals surface area contributed by atoms with E-state index in [0.717, 1.165) is 71.3 Å². The van der Waals surface area contributed by atoms with Crippen molar-refractivity contribution in [2.24, 2.45) is 4.99 Å². The number of rotatable bonds is 9. The fraction of sp³-hybridized carbons (Fsp3) is 0.700. The first-order valence-electron chi connectivity index (χ1n) is 10.0. The minimum atomic E-state index is 0.0145. The Morgan fingerprint density at radius 2 is 2.00 bits per heavy atom. The average molecular weight is 378 g/mol. The highest BCUT2D eigenvalue weighted by Gasteiger charge is 2.28. The van der Waals surface area contributed by atoms with E-state index >= 15 is 0 Å². The first kappa shape index (κ1) is 21.4. The molecule has 7 nitrogen and oxygen atoms in total. The van der Waals surface area contributed by atoms with Crippen molar-refractivity contribution in [3.05, 3.63) is 34.7 Å². The Morgan fingerprint density at radius 3 is 2.70 bits per heavy atom. The molecule has 0 unspecified atom stereocenters. The lowest BCUT2D eigenvalue weighted by Gasteiger charge is -2.39. The number of hydrogen-bond acceptors (Lipinski definition) is 4. The van der Waals surface area contributed by atoms with Gasteiger partial charge in [-0.3, -0.25) is 14.7 Å². The predicted octanol–water partition coefficient (Wildman–Crippen LogP) is 1.29. The van der Waals surface area contributed by atoms with Crippen LogP contribution in [0, 0.1) is 0 Å². The fourth-order valence-electron chi connectivity index (χ4n) is 3.14. The molecule has 2 heterocycles. The van der Waals surface area contributed by atoms with Crippen LogP contribution in [0.15, 0.2) is 34.2 Å². The summed E-state index contributed by atoms with van der Waals surface area (Å²) in [7, 11) is 0. The Bertz CT molecular complexity index is 635. The maximum absolute atomic E-state index is 11.7.